The van der Waals surface area contributed by atoms with Crippen LogP contribution in [0.3, 0.4) is 0 Å². The Morgan fingerprint density at radius 3 is 2.61 bits per heavy atom. The maximum atomic E-state index is 12.7. The average Bonchev–Trinajstić information content (AvgIpc) is 3.01. The van der Waals surface area contributed by atoms with E-state index in [1.807, 2.05) is 0 Å². The van der Waals surface area contributed by atoms with Gasteiger partial charge in [-0.2, -0.15) is 8.42 Å². The minimum Gasteiger partial charge on any atom is -0.497 e. The fourth-order valence-corrected chi connectivity index (χ4v) is 5.39. The highest BCUT2D eigenvalue weighted by Gasteiger charge is 2.39. The molecule has 164 valence electrons. The summed E-state index contributed by atoms with van der Waals surface area (Å²) in [5.74, 6) is -0.154. The van der Waals surface area contributed by atoms with Gasteiger partial charge < -0.3 is 10.1 Å². The summed E-state index contributed by atoms with van der Waals surface area (Å²) < 4.78 is 34.2. The van der Waals surface area contributed by atoms with Crippen LogP contribution in [-0.2, 0) is 19.6 Å². The molecule has 0 aliphatic carbocycles. The zero-order chi connectivity index (χ0) is 22.6. The van der Waals surface area contributed by atoms with Gasteiger partial charge in [-0.25, -0.2) is 0 Å². The SMILES string of the molecule is CCN1C(=O)[C@@H](CC(=O)Nc2cccc(OC)c2)SC1=NS(=O)(=O)c1ccc(Cl)cc1. The van der Waals surface area contributed by atoms with Gasteiger partial charge in [0.25, 0.3) is 10.0 Å². The van der Waals surface area contributed by atoms with Crippen molar-refractivity contribution < 1.29 is 22.7 Å². The normalized spacial score (nSPS) is 17.8. The number of nitrogens with zero attached hydrogens (tertiary/aromatic N) is 2. The van der Waals surface area contributed by atoms with E-state index < -0.39 is 15.3 Å². The van der Waals surface area contributed by atoms with Crippen molar-refractivity contribution in [3.8, 4) is 5.75 Å². The number of thioether (sulfide) groups is 1. The Hall–Kier alpha value is -2.56. The molecule has 1 N–H and O–H groups in total. The number of nitrogens with one attached hydrogen (secondary N) is 1. The number of rotatable bonds is 7. The van der Waals surface area contributed by atoms with Crippen LogP contribution in [0.25, 0.3) is 0 Å². The van der Waals surface area contributed by atoms with Gasteiger partial charge in [0.2, 0.25) is 11.8 Å². The Labute approximate surface area is 189 Å². The summed E-state index contributed by atoms with van der Waals surface area (Å²) in [6.45, 7) is 1.94. The van der Waals surface area contributed by atoms with Crippen molar-refractivity contribution >= 4 is 56.1 Å². The number of hydrogen-bond acceptors (Lipinski definition) is 6. The topological polar surface area (TPSA) is 105 Å². The van der Waals surface area contributed by atoms with Crippen molar-refractivity contribution in [2.24, 2.45) is 4.40 Å². The third kappa shape index (κ3) is 5.57. The van der Waals surface area contributed by atoms with Crippen LogP contribution in [0.5, 0.6) is 5.75 Å². The monoisotopic (exact) mass is 481 g/mol. The molecular weight excluding hydrogens is 462 g/mol. The van der Waals surface area contributed by atoms with Gasteiger partial charge in [-0.15, -0.1) is 4.40 Å². The molecule has 11 heteroatoms. The van der Waals surface area contributed by atoms with Crippen molar-refractivity contribution in [2.45, 2.75) is 23.5 Å². The van der Waals surface area contributed by atoms with Crippen molar-refractivity contribution in [1.82, 2.24) is 4.90 Å². The number of benzene rings is 2. The van der Waals surface area contributed by atoms with Gasteiger partial charge in [0.15, 0.2) is 5.17 Å². The number of sulfonamides is 1. The van der Waals surface area contributed by atoms with E-state index in [0.29, 0.717) is 16.5 Å². The minimum atomic E-state index is -4.03. The van der Waals surface area contributed by atoms with Crippen LogP contribution in [-0.4, -0.2) is 49.2 Å². The average molecular weight is 482 g/mol. The number of carbonyl (C=O) groups is 2. The largest absolute Gasteiger partial charge is 0.497 e. The molecule has 1 aliphatic heterocycles. The zero-order valence-electron chi connectivity index (χ0n) is 16.7. The fourth-order valence-electron chi connectivity index (χ4n) is 2.84. The van der Waals surface area contributed by atoms with Crippen molar-refractivity contribution in [1.29, 1.82) is 0 Å². The van der Waals surface area contributed by atoms with Crippen molar-refractivity contribution in [3.63, 3.8) is 0 Å². The van der Waals surface area contributed by atoms with Crippen LogP contribution in [0.2, 0.25) is 5.02 Å². The molecule has 31 heavy (non-hydrogen) atoms. The smallest absolute Gasteiger partial charge is 0.284 e. The number of halogens is 1. The Kier molecular flexibility index (Phi) is 7.24. The van der Waals surface area contributed by atoms with Crippen LogP contribution < -0.4 is 10.1 Å². The van der Waals surface area contributed by atoms with E-state index >= 15 is 0 Å². The van der Waals surface area contributed by atoms with Gasteiger partial charge in [-0.1, -0.05) is 29.4 Å². The molecule has 8 nitrogen and oxygen atoms in total. The quantitative estimate of drug-likeness (QED) is 0.649. The molecule has 3 rings (SSSR count). The summed E-state index contributed by atoms with van der Waals surface area (Å²) in [6, 6.07) is 12.4. The number of methoxy groups -OCH3 is 1. The number of amidine groups is 1. The van der Waals surface area contributed by atoms with E-state index in [2.05, 4.69) is 9.71 Å². The molecule has 0 spiro atoms. The first-order valence-corrected chi connectivity index (χ1v) is 12.0. The van der Waals surface area contributed by atoms with E-state index in [9.17, 15) is 18.0 Å². The molecule has 2 amide bonds. The summed E-state index contributed by atoms with van der Waals surface area (Å²) >= 11 is 6.77. The van der Waals surface area contributed by atoms with Crippen molar-refractivity contribution in [3.05, 3.63) is 53.6 Å². The first-order chi connectivity index (χ1) is 14.7. The van der Waals surface area contributed by atoms with E-state index in [4.69, 9.17) is 16.3 Å². The van der Waals surface area contributed by atoms with Gasteiger partial charge in [-0.05, 0) is 43.3 Å². The number of amides is 2. The summed E-state index contributed by atoms with van der Waals surface area (Å²) in [6.07, 6.45) is -0.128. The van der Waals surface area contributed by atoms with Crippen LogP contribution in [0.1, 0.15) is 13.3 Å². The molecule has 0 bridgehead atoms. The molecule has 1 heterocycles. The molecule has 0 aromatic heterocycles. The Balaban J connectivity index is 1.75. The first kappa shape index (κ1) is 23.1. The lowest BCUT2D eigenvalue weighted by Gasteiger charge is -2.13. The van der Waals surface area contributed by atoms with E-state index in [1.165, 1.54) is 36.3 Å². The molecule has 0 unspecified atom stereocenters. The molecule has 0 saturated carbocycles. The van der Waals surface area contributed by atoms with Gasteiger partial charge in [0.05, 0.1) is 12.0 Å². The zero-order valence-corrected chi connectivity index (χ0v) is 19.1. The lowest BCUT2D eigenvalue weighted by Crippen LogP contribution is -2.33. The number of anilines is 1. The lowest BCUT2D eigenvalue weighted by molar-refractivity contribution is -0.128. The molecule has 1 saturated heterocycles. The van der Waals surface area contributed by atoms with E-state index in [0.717, 1.165) is 11.8 Å². The minimum absolute atomic E-state index is 0.0345. The lowest BCUT2D eigenvalue weighted by atomic mass is 10.2. The van der Waals surface area contributed by atoms with Gasteiger partial charge in [-0.3, -0.25) is 14.5 Å². The van der Waals surface area contributed by atoms with Crippen molar-refractivity contribution in [2.75, 3.05) is 19.0 Å². The van der Waals surface area contributed by atoms with Gasteiger partial charge in [0, 0.05) is 29.7 Å². The molecule has 2 aromatic rings. The van der Waals surface area contributed by atoms with Crippen LogP contribution in [0, 0.1) is 0 Å². The second-order valence-electron chi connectivity index (χ2n) is 6.48. The highest BCUT2D eigenvalue weighted by Crippen LogP contribution is 2.31. The summed E-state index contributed by atoms with van der Waals surface area (Å²) in [5.41, 5.74) is 0.534. The first-order valence-electron chi connectivity index (χ1n) is 9.26. The highest BCUT2D eigenvalue weighted by molar-refractivity contribution is 8.16. The predicted octanol–water partition coefficient (Wildman–Crippen LogP) is 3.39. The number of hydrogen-bond donors (Lipinski definition) is 1. The summed E-state index contributed by atoms with van der Waals surface area (Å²) in [7, 11) is -2.51. The number of carbonyl (C=O) groups excluding carboxylic acids is 2. The summed E-state index contributed by atoms with van der Waals surface area (Å²) in [5, 5.41) is 2.38. The Morgan fingerprint density at radius 2 is 1.97 bits per heavy atom. The standard InChI is InChI=1S/C20H20ClN3O5S2/c1-3-24-19(26)17(12-18(25)22-14-5-4-6-15(11-14)29-2)30-20(24)23-31(27,28)16-9-7-13(21)8-10-16/h4-11,17H,3,12H2,1-2H3,(H,22,25)/t17-/m1/s1. The maximum Gasteiger partial charge on any atom is 0.284 e. The second-order valence-corrected chi connectivity index (χ2v) is 9.69. The third-order valence-corrected chi connectivity index (χ3v) is 7.19. The Morgan fingerprint density at radius 1 is 1.26 bits per heavy atom. The molecule has 0 radical (unpaired) electrons. The van der Waals surface area contributed by atoms with Gasteiger partial charge >= 0.3 is 0 Å². The maximum absolute atomic E-state index is 12.7. The number of ether oxygens (including phenoxy) is 1. The summed E-state index contributed by atoms with van der Waals surface area (Å²) in [4.78, 5) is 26.4. The van der Waals surface area contributed by atoms with Crippen LogP contribution >= 0.6 is 23.4 Å². The molecule has 1 fully saturated rings. The van der Waals surface area contributed by atoms with Crippen LogP contribution in [0.15, 0.2) is 57.8 Å². The highest BCUT2D eigenvalue weighted by atomic mass is 35.5. The predicted molar refractivity (Wildman–Crippen MR) is 121 cm³/mol. The Bertz CT molecular complexity index is 1120. The fraction of sp³-hybridized carbons (Fsp3) is 0.250. The molecule has 2 aromatic carbocycles. The second kappa shape index (κ2) is 9.71. The van der Waals surface area contributed by atoms with Gasteiger partial charge in [0.1, 0.15) is 11.0 Å². The molecule has 1 atom stereocenters. The van der Waals surface area contributed by atoms with E-state index in [1.54, 1.807) is 31.2 Å². The third-order valence-electron chi connectivity index (χ3n) is 4.37. The van der Waals surface area contributed by atoms with E-state index in [-0.39, 0.29) is 34.8 Å². The molecule has 1 aliphatic rings. The van der Waals surface area contributed by atoms with Crippen LogP contribution in [0.4, 0.5) is 5.69 Å². The molecular formula is C20H20ClN3O5S2.